The van der Waals surface area contributed by atoms with Crippen molar-refractivity contribution in [3.63, 3.8) is 0 Å². The van der Waals surface area contributed by atoms with E-state index in [0.717, 1.165) is 50.7 Å². The third-order valence-corrected chi connectivity index (χ3v) is 6.37. The first-order chi connectivity index (χ1) is 18.2. The molecule has 0 spiro atoms. The number of hydrogen-bond donors (Lipinski definition) is 1. The van der Waals surface area contributed by atoms with E-state index >= 15 is 4.39 Å². The molecule has 4 rings (SSSR count). The number of likely N-dealkylation sites (tertiary alicyclic amines) is 1. The summed E-state index contributed by atoms with van der Waals surface area (Å²) in [6.45, 7) is 3.33. The van der Waals surface area contributed by atoms with Crippen LogP contribution in [0.4, 0.5) is 23.2 Å². The SMILES string of the molecule is COCCN1CCC(n2cc(-c3c(F)cc(NC(=O)Cc4cccc(C(F)(F)F)n4)cc3C#N)cn2)CC1. The average Bonchev–Trinajstić information content (AvgIpc) is 3.36. The van der Waals surface area contributed by atoms with Crippen molar-refractivity contribution in [1.82, 2.24) is 19.7 Å². The van der Waals surface area contributed by atoms with Gasteiger partial charge in [-0.05, 0) is 37.1 Å². The zero-order valence-electron chi connectivity index (χ0n) is 20.6. The lowest BCUT2D eigenvalue weighted by Gasteiger charge is -2.31. The number of aromatic nitrogens is 3. The molecular weight excluding hydrogens is 504 g/mol. The Labute approximate surface area is 216 Å². The number of nitriles is 1. The van der Waals surface area contributed by atoms with Crippen LogP contribution in [-0.2, 0) is 22.1 Å². The lowest BCUT2D eigenvalue weighted by molar-refractivity contribution is -0.141. The monoisotopic (exact) mass is 530 g/mol. The van der Waals surface area contributed by atoms with Gasteiger partial charge in [-0.3, -0.25) is 9.48 Å². The molecule has 38 heavy (non-hydrogen) atoms. The second kappa shape index (κ2) is 11.7. The molecule has 0 atom stereocenters. The Morgan fingerprint density at radius 1 is 1.26 bits per heavy atom. The minimum atomic E-state index is -4.64. The molecule has 1 aliphatic rings. The fourth-order valence-electron chi connectivity index (χ4n) is 4.46. The zero-order chi connectivity index (χ0) is 27.3. The number of hydrogen-bond acceptors (Lipinski definition) is 6. The van der Waals surface area contributed by atoms with Crippen LogP contribution in [0, 0.1) is 17.1 Å². The summed E-state index contributed by atoms with van der Waals surface area (Å²) in [7, 11) is 1.67. The second-order valence-electron chi connectivity index (χ2n) is 9.00. The highest BCUT2D eigenvalue weighted by Crippen LogP contribution is 2.32. The molecule has 2 aromatic heterocycles. The van der Waals surface area contributed by atoms with Crippen LogP contribution in [0.25, 0.3) is 11.1 Å². The lowest BCUT2D eigenvalue weighted by atomic mass is 10.0. The number of rotatable bonds is 8. The molecule has 0 radical (unpaired) electrons. The summed E-state index contributed by atoms with van der Waals surface area (Å²) in [5, 5.41) is 16.5. The van der Waals surface area contributed by atoms with Gasteiger partial charge in [-0.2, -0.15) is 23.5 Å². The number of halogens is 4. The van der Waals surface area contributed by atoms with E-state index in [1.165, 1.54) is 18.3 Å². The van der Waals surface area contributed by atoms with Crippen LogP contribution in [-0.4, -0.2) is 58.9 Å². The molecule has 1 amide bonds. The summed E-state index contributed by atoms with van der Waals surface area (Å²) in [6.07, 6.45) is -0.108. The molecule has 12 heteroatoms. The molecule has 1 aliphatic heterocycles. The maximum Gasteiger partial charge on any atom is 0.433 e. The second-order valence-corrected chi connectivity index (χ2v) is 9.00. The minimum absolute atomic E-state index is 0.00794. The Bertz CT molecular complexity index is 1330. The Kier molecular flexibility index (Phi) is 8.38. The number of alkyl halides is 3. The lowest BCUT2D eigenvalue weighted by Crippen LogP contribution is -2.36. The fourth-order valence-corrected chi connectivity index (χ4v) is 4.46. The van der Waals surface area contributed by atoms with Gasteiger partial charge in [-0.25, -0.2) is 9.37 Å². The quantitative estimate of drug-likeness (QED) is 0.433. The third-order valence-electron chi connectivity index (χ3n) is 6.37. The van der Waals surface area contributed by atoms with E-state index < -0.39 is 30.0 Å². The first-order valence-corrected chi connectivity index (χ1v) is 12.0. The van der Waals surface area contributed by atoms with Crippen LogP contribution in [0.2, 0.25) is 0 Å². The molecule has 0 unspecified atom stereocenters. The average molecular weight is 531 g/mol. The normalized spacial score (nSPS) is 14.8. The summed E-state index contributed by atoms with van der Waals surface area (Å²) in [4.78, 5) is 18.2. The van der Waals surface area contributed by atoms with E-state index in [4.69, 9.17) is 4.74 Å². The number of nitrogens with one attached hydrogen (secondary N) is 1. The van der Waals surface area contributed by atoms with Gasteiger partial charge in [0.1, 0.15) is 11.5 Å². The molecule has 0 aliphatic carbocycles. The summed E-state index contributed by atoms with van der Waals surface area (Å²) in [5.41, 5.74) is -0.697. The summed E-state index contributed by atoms with van der Waals surface area (Å²) >= 11 is 0. The predicted molar refractivity (Wildman–Crippen MR) is 130 cm³/mol. The fraction of sp³-hybridized carbons (Fsp3) is 0.385. The maximum absolute atomic E-state index is 15.2. The van der Waals surface area contributed by atoms with Crippen LogP contribution in [0.1, 0.15) is 35.8 Å². The molecule has 3 heterocycles. The number of nitrogens with zero attached hydrogens (tertiary/aromatic N) is 5. The summed E-state index contributed by atoms with van der Waals surface area (Å²) in [6, 6.07) is 7.75. The first kappa shape index (κ1) is 27.2. The minimum Gasteiger partial charge on any atom is -0.383 e. The number of carbonyl (C=O) groups excluding carboxylic acids is 1. The highest BCUT2D eigenvalue weighted by Gasteiger charge is 2.32. The molecule has 0 saturated carbocycles. The van der Waals surface area contributed by atoms with Crippen LogP contribution in [0.3, 0.4) is 0 Å². The molecule has 8 nitrogen and oxygen atoms in total. The van der Waals surface area contributed by atoms with Crippen molar-refractivity contribution in [3.05, 3.63) is 65.5 Å². The van der Waals surface area contributed by atoms with E-state index in [1.807, 2.05) is 6.07 Å². The molecule has 1 fully saturated rings. The third kappa shape index (κ3) is 6.54. The van der Waals surface area contributed by atoms with Gasteiger partial charge in [-0.15, -0.1) is 0 Å². The Morgan fingerprint density at radius 3 is 2.71 bits per heavy atom. The van der Waals surface area contributed by atoms with Crippen molar-refractivity contribution in [2.75, 3.05) is 38.7 Å². The van der Waals surface area contributed by atoms with Gasteiger partial charge in [-0.1, -0.05) is 6.07 Å². The van der Waals surface area contributed by atoms with Gasteiger partial charge in [0, 0.05) is 49.8 Å². The van der Waals surface area contributed by atoms with E-state index in [2.05, 4.69) is 20.3 Å². The molecule has 0 bridgehead atoms. The first-order valence-electron chi connectivity index (χ1n) is 12.0. The van der Waals surface area contributed by atoms with Crippen LogP contribution in [0.15, 0.2) is 42.7 Å². The molecule has 200 valence electrons. The Hall–Kier alpha value is -3.82. The number of ether oxygens (including phenoxy) is 1. The van der Waals surface area contributed by atoms with Gasteiger partial charge in [0.15, 0.2) is 0 Å². The number of methoxy groups -OCH3 is 1. The topological polar surface area (TPSA) is 96.1 Å². The van der Waals surface area contributed by atoms with Crippen LogP contribution >= 0.6 is 0 Å². The molecule has 1 saturated heterocycles. The van der Waals surface area contributed by atoms with Crippen LogP contribution < -0.4 is 5.32 Å². The number of benzene rings is 1. The number of anilines is 1. The van der Waals surface area contributed by atoms with Crippen molar-refractivity contribution in [2.45, 2.75) is 31.5 Å². The largest absolute Gasteiger partial charge is 0.433 e. The van der Waals surface area contributed by atoms with Gasteiger partial charge < -0.3 is 15.0 Å². The number of piperidine rings is 1. The Balaban J connectivity index is 1.45. The predicted octanol–water partition coefficient (Wildman–Crippen LogP) is 4.44. The molecule has 3 aromatic rings. The smallest absolute Gasteiger partial charge is 0.383 e. The number of carbonyl (C=O) groups is 1. The molecule has 1 aromatic carbocycles. The van der Waals surface area contributed by atoms with Crippen molar-refractivity contribution in [2.24, 2.45) is 0 Å². The van der Waals surface area contributed by atoms with Crippen LogP contribution in [0.5, 0.6) is 0 Å². The van der Waals surface area contributed by atoms with Crippen molar-refractivity contribution < 1.29 is 27.1 Å². The van der Waals surface area contributed by atoms with Crippen molar-refractivity contribution in [1.29, 1.82) is 5.26 Å². The number of amides is 1. The van der Waals surface area contributed by atoms with E-state index in [0.29, 0.717) is 12.2 Å². The summed E-state index contributed by atoms with van der Waals surface area (Å²) in [5.74, 6) is -1.43. The van der Waals surface area contributed by atoms with Gasteiger partial charge in [0.25, 0.3) is 0 Å². The van der Waals surface area contributed by atoms with Crippen molar-refractivity contribution >= 4 is 11.6 Å². The van der Waals surface area contributed by atoms with Gasteiger partial charge >= 0.3 is 6.18 Å². The van der Waals surface area contributed by atoms with Gasteiger partial charge in [0.2, 0.25) is 5.91 Å². The summed E-state index contributed by atoms with van der Waals surface area (Å²) < 4.78 is 60.7. The Morgan fingerprint density at radius 2 is 2.03 bits per heavy atom. The van der Waals surface area contributed by atoms with Gasteiger partial charge in [0.05, 0.1) is 42.6 Å². The van der Waals surface area contributed by atoms with Crippen molar-refractivity contribution in [3.8, 4) is 17.2 Å². The standard InChI is InChI=1S/C26H26F4N6O2/c1-38-10-9-35-7-5-21(6-8-35)36-16-18(15-32-36)25-17(14-31)11-20(12-22(25)27)34-24(37)13-19-3-2-4-23(33-19)26(28,29)30/h2-4,11-12,15-16,21H,5-10,13H2,1H3,(H,34,37). The van der Waals surface area contributed by atoms with E-state index in [9.17, 15) is 23.2 Å². The molecular formula is C26H26F4N6O2. The zero-order valence-corrected chi connectivity index (χ0v) is 20.6. The number of pyridine rings is 1. The highest BCUT2D eigenvalue weighted by atomic mass is 19.4. The maximum atomic E-state index is 15.2. The van der Waals surface area contributed by atoms with E-state index in [-0.39, 0.29) is 28.6 Å². The highest BCUT2D eigenvalue weighted by molar-refractivity contribution is 5.92. The molecule has 1 N–H and O–H groups in total. The van der Waals surface area contributed by atoms with E-state index in [1.54, 1.807) is 18.0 Å².